The van der Waals surface area contributed by atoms with Crippen LogP contribution in [0.1, 0.15) is 37.9 Å². The van der Waals surface area contributed by atoms with Gasteiger partial charge in [-0.25, -0.2) is 4.39 Å². The molecule has 0 spiro atoms. The van der Waals surface area contributed by atoms with Crippen molar-refractivity contribution in [3.05, 3.63) is 155 Å². The lowest BCUT2D eigenvalue weighted by atomic mass is 10.0. The van der Waals surface area contributed by atoms with E-state index in [2.05, 4.69) is 0 Å². The number of aryl methyl sites for hydroxylation is 1. The van der Waals surface area contributed by atoms with Crippen LogP contribution in [0.2, 0.25) is 0 Å². The van der Waals surface area contributed by atoms with Crippen LogP contribution in [0.3, 0.4) is 0 Å². The lowest BCUT2D eigenvalue weighted by Crippen LogP contribution is -2.11. The van der Waals surface area contributed by atoms with Crippen LogP contribution in [-0.2, 0) is 13.2 Å². The van der Waals surface area contributed by atoms with E-state index in [0.717, 1.165) is 28.5 Å². The van der Waals surface area contributed by atoms with Gasteiger partial charge in [-0.15, -0.1) is 11.8 Å². The molecule has 4 nitrogen and oxygen atoms in total. The molecule has 5 aromatic rings. The number of carbonyl (C=O) groups is 1. The third kappa shape index (κ3) is 7.16. The van der Waals surface area contributed by atoms with Crippen molar-refractivity contribution in [3.63, 3.8) is 0 Å². The van der Waals surface area contributed by atoms with E-state index in [9.17, 15) is 9.90 Å². The summed E-state index contributed by atoms with van der Waals surface area (Å²) < 4.78 is 27.5. The average molecular weight is 565 g/mol. The molecule has 5 rings (SSSR count). The number of phenolic OH excluding ortho intramolecular Hbond substituents is 1. The third-order valence-electron chi connectivity index (χ3n) is 6.50. The molecule has 0 heterocycles. The Balaban J connectivity index is 1.45. The summed E-state index contributed by atoms with van der Waals surface area (Å²) in [5.74, 6) is -0.625. The highest BCUT2D eigenvalue weighted by Gasteiger charge is 2.28. The molecule has 0 aliphatic rings. The number of ketones is 1. The quantitative estimate of drug-likeness (QED) is 0.128. The SMILES string of the molecule is Cc1ccc(C(=O)C(Sc2c(O)ccc(OCc3ccccc3)c2F)c2cccc(OCc3ccccc3)c2)cc1. The van der Waals surface area contributed by atoms with E-state index in [1.54, 1.807) is 24.3 Å². The first-order chi connectivity index (χ1) is 20.0. The summed E-state index contributed by atoms with van der Waals surface area (Å²) >= 11 is 0.951. The summed E-state index contributed by atoms with van der Waals surface area (Å²) in [6.07, 6.45) is 0. The van der Waals surface area contributed by atoms with Crippen LogP contribution in [0.4, 0.5) is 4.39 Å². The molecule has 0 saturated carbocycles. The van der Waals surface area contributed by atoms with Crippen molar-refractivity contribution < 1.29 is 23.8 Å². The Labute approximate surface area is 243 Å². The van der Waals surface area contributed by atoms with Gasteiger partial charge in [-0.3, -0.25) is 4.79 Å². The normalized spacial score (nSPS) is 11.6. The Bertz CT molecular complexity index is 1610. The van der Waals surface area contributed by atoms with Crippen molar-refractivity contribution in [2.24, 2.45) is 0 Å². The number of hydrogen-bond donors (Lipinski definition) is 1. The fourth-order valence-corrected chi connectivity index (χ4v) is 5.41. The molecular weight excluding hydrogens is 535 g/mol. The highest BCUT2D eigenvalue weighted by Crippen LogP contribution is 2.45. The first-order valence-corrected chi connectivity index (χ1v) is 14.1. The summed E-state index contributed by atoms with van der Waals surface area (Å²) in [5.41, 5.74) is 4.03. The van der Waals surface area contributed by atoms with Gasteiger partial charge in [0.05, 0.1) is 10.1 Å². The van der Waals surface area contributed by atoms with E-state index < -0.39 is 11.1 Å². The molecule has 0 saturated heterocycles. The van der Waals surface area contributed by atoms with Crippen LogP contribution in [-0.4, -0.2) is 10.9 Å². The van der Waals surface area contributed by atoms with Crippen molar-refractivity contribution in [1.82, 2.24) is 0 Å². The van der Waals surface area contributed by atoms with E-state index in [0.29, 0.717) is 23.5 Å². The maximum absolute atomic E-state index is 15.8. The molecule has 0 amide bonds. The summed E-state index contributed by atoms with van der Waals surface area (Å²) in [6.45, 7) is 2.48. The number of hydrogen-bond acceptors (Lipinski definition) is 5. The zero-order valence-corrected chi connectivity index (χ0v) is 23.3. The molecule has 1 atom stereocenters. The zero-order chi connectivity index (χ0) is 28.6. The van der Waals surface area contributed by atoms with Crippen molar-refractivity contribution in [2.75, 3.05) is 0 Å². The Hall–Kier alpha value is -4.55. The molecule has 1 unspecified atom stereocenters. The number of Topliss-reactive ketones (excluding diaryl/α,β-unsaturated/α-hetero) is 1. The topological polar surface area (TPSA) is 55.8 Å². The Kier molecular flexibility index (Phi) is 9.02. The molecular formula is C35H29FO4S. The molecule has 1 N–H and O–H groups in total. The summed E-state index contributed by atoms with van der Waals surface area (Å²) in [4.78, 5) is 13.8. The molecule has 5 aromatic carbocycles. The van der Waals surface area contributed by atoms with Crippen LogP contribution < -0.4 is 9.47 Å². The molecule has 0 aliphatic heterocycles. The van der Waals surface area contributed by atoms with E-state index in [1.165, 1.54) is 12.1 Å². The van der Waals surface area contributed by atoms with Gasteiger partial charge in [0, 0.05) is 5.56 Å². The van der Waals surface area contributed by atoms with Gasteiger partial charge in [0.15, 0.2) is 17.3 Å². The van der Waals surface area contributed by atoms with Crippen molar-refractivity contribution in [3.8, 4) is 17.2 Å². The maximum Gasteiger partial charge on any atom is 0.182 e. The number of rotatable bonds is 11. The van der Waals surface area contributed by atoms with E-state index in [1.807, 2.05) is 91.9 Å². The van der Waals surface area contributed by atoms with Crippen molar-refractivity contribution in [2.45, 2.75) is 30.3 Å². The largest absolute Gasteiger partial charge is 0.507 e. The van der Waals surface area contributed by atoms with Crippen LogP contribution >= 0.6 is 11.8 Å². The van der Waals surface area contributed by atoms with Gasteiger partial charge in [-0.05, 0) is 47.9 Å². The number of ether oxygens (including phenoxy) is 2. The fourth-order valence-electron chi connectivity index (χ4n) is 4.26. The number of phenols is 1. The summed E-state index contributed by atoms with van der Waals surface area (Å²) in [5, 5.41) is 9.84. The number of thioether (sulfide) groups is 1. The standard InChI is InChI=1S/C35H29FO4S/c1-24-15-17-27(18-16-24)33(38)34(28-13-8-14-29(21-28)39-22-25-9-4-2-5-10-25)41-35-30(37)19-20-31(32(35)36)40-23-26-11-6-3-7-12-26/h2-21,34,37H,22-23H2,1H3. The number of benzene rings is 5. The van der Waals surface area contributed by atoms with Gasteiger partial charge in [0.1, 0.15) is 24.7 Å². The van der Waals surface area contributed by atoms with E-state index in [4.69, 9.17) is 9.47 Å². The molecule has 0 aliphatic carbocycles. The first kappa shape index (κ1) is 28.0. The third-order valence-corrected chi connectivity index (χ3v) is 7.84. The van der Waals surface area contributed by atoms with Gasteiger partial charge in [0.25, 0.3) is 0 Å². The maximum atomic E-state index is 15.8. The second-order valence-corrected chi connectivity index (χ2v) is 10.7. The lowest BCUT2D eigenvalue weighted by Gasteiger charge is -2.19. The monoisotopic (exact) mass is 564 g/mol. The lowest BCUT2D eigenvalue weighted by molar-refractivity contribution is 0.0989. The van der Waals surface area contributed by atoms with Gasteiger partial charge in [0.2, 0.25) is 0 Å². The fraction of sp³-hybridized carbons (Fsp3) is 0.114. The second kappa shape index (κ2) is 13.2. The Morgan fingerprint density at radius 2 is 1.41 bits per heavy atom. The van der Waals surface area contributed by atoms with Crippen LogP contribution in [0.15, 0.2) is 126 Å². The molecule has 0 aromatic heterocycles. The predicted molar refractivity (Wildman–Crippen MR) is 160 cm³/mol. The molecule has 6 heteroatoms. The van der Waals surface area contributed by atoms with Crippen molar-refractivity contribution >= 4 is 17.5 Å². The molecule has 206 valence electrons. The smallest absolute Gasteiger partial charge is 0.182 e. The summed E-state index contributed by atoms with van der Waals surface area (Å²) in [7, 11) is 0. The van der Waals surface area contributed by atoms with Crippen LogP contribution in [0.25, 0.3) is 0 Å². The zero-order valence-electron chi connectivity index (χ0n) is 22.5. The highest BCUT2D eigenvalue weighted by molar-refractivity contribution is 8.00. The number of aromatic hydroxyl groups is 1. The minimum absolute atomic E-state index is 0.00404. The minimum atomic E-state index is -0.859. The van der Waals surface area contributed by atoms with Gasteiger partial charge < -0.3 is 14.6 Å². The van der Waals surface area contributed by atoms with Gasteiger partial charge in [-0.1, -0.05) is 103 Å². The van der Waals surface area contributed by atoms with Gasteiger partial charge in [-0.2, -0.15) is 0 Å². The first-order valence-electron chi connectivity index (χ1n) is 13.2. The van der Waals surface area contributed by atoms with Crippen LogP contribution in [0, 0.1) is 12.7 Å². The predicted octanol–water partition coefficient (Wildman–Crippen LogP) is 8.71. The Morgan fingerprint density at radius 1 is 0.780 bits per heavy atom. The molecule has 41 heavy (non-hydrogen) atoms. The second-order valence-electron chi connectivity index (χ2n) is 9.58. The number of halogens is 1. The Morgan fingerprint density at radius 3 is 2.07 bits per heavy atom. The minimum Gasteiger partial charge on any atom is -0.507 e. The molecule has 0 radical (unpaired) electrons. The molecule has 0 fully saturated rings. The number of carbonyl (C=O) groups excluding carboxylic acids is 1. The van der Waals surface area contributed by atoms with E-state index >= 15 is 4.39 Å². The summed E-state index contributed by atoms with van der Waals surface area (Å²) in [6, 6.07) is 36.5. The highest BCUT2D eigenvalue weighted by atomic mass is 32.2. The van der Waals surface area contributed by atoms with E-state index in [-0.39, 0.29) is 28.8 Å². The average Bonchev–Trinajstić information content (AvgIpc) is 3.01. The van der Waals surface area contributed by atoms with Crippen LogP contribution in [0.5, 0.6) is 17.2 Å². The molecule has 0 bridgehead atoms. The van der Waals surface area contributed by atoms with Crippen molar-refractivity contribution in [1.29, 1.82) is 0 Å². The van der Waals surface area contributed by atoms with Gasteiger partial charge >= 0.3 is 0 Å².